The molecule has 2 amide bonds. The molecule has 2 aliphatic rings. The minimum absolute atomic E-state index is 0.000488. The highest BCUT2D eigenvalue weighted by molar-refractivity contribution is 5.81. The Morgan fingerprint density at radius 2 is 1.56 bits per heavy atom. The average molecular weight is 385 g/mol. The molecule has 1 unspecified atom stereocenters. The molecule has 7 nitrogen and oxygen atoms in total. The Hall–Kier alpha value is -1.63. The minimum atomic E-state index is -0.783. The summed E-state index contributed by atoms with van der Waals surface area (Å²) in [7, 11) is 0. The summed E-state index contributed by atoms with van der Waals surface area (Å²) in [4.78, 5) is 34.7. The number of hydrogen-bond donors (Lipinski definition) is 2. The van der Waals surface area contributed by atoms with E-state index in [4.69, 9.17) is 15.6 Å². The van der Waals surface area contributed by atoms with Crippen molar-refractivity contribution in [3.63, 3.8) is 0 Å². The standard InChI is InChI=1S/C15H26O3.C5H10N2O2/c16-14-10-8-6-4-2-1-3-5-7-9-13(14)11-12-15(17)18;6-5(8)7-1-3-9-4-2-7/h13H,1-12H2,(H,17,18);1-4H2,(H2,6,8). The highest BCUT2D eigenvalue weighted by Crippen LogP contribution is 2.22. The lowest BCUT2D eigenvalue weighted by Crippen LogP contribution is -2.43. The Morgan fingerprint density at radius 3 is 2.07 bits per heavy atom. The van der Waals surface area contributed by atoms with E-state index in [-0.39, 0.29) is 18.4 Å². The number of ketones is 1. The summed E-state index contributed by atoms with van der Waals surface area (Å²) in [5.74, 6) is -0.480. The molecule has 7 heteroatoms. The van der Waals surface area contributed by atoms with Crippen molar-refractivity contribution in [1.82, 2.24) is 4.90 Å². The van der Waals surface area contributed by atoms with Gasteiger partial charge in [-0.3, -0.25) is 9.59 Å². The van der Waals surface area contributed by atoms with Crippen LogP contribution in [0.15, 0.2) is 0 Å². The fourth-order valence-corrected chi connectivity index (χ4v) is 3.50. The summed E-state index contributed by atoms with van der Waals surface area (Å²) in [6, 6.07) is -0.349. The quantitative estimate of drug-likeness (QED) is 0.775. The number of carbonyl (C=O) groups is 3. The maximum atomic E-state index is 12.0. The molecule has 2 fully saturated rings. The van der Waals surface area contributed by atoms with Crippen molar-refractivity contribution >= 4 is 17.8 Å². The van der Waals surface area contributed by atoms with E-state index in [0.717, 1.165) is 25.7 Å². The lowest BCUT2D eigenvalue weighted by molar-refractivity contribution is -0.137. The van der Waals surface area contributed by atoms with Crippen LogP contribution in [0.25, 0.3) is 0 Å². The van der Waals surface area contributed by atoms with E-state index in [1.54, 1.807) is 4.90 Å². The predicted molar refractivity (Wildman–Crippen MR) is 104 cm³/mol. The number of urea groups is 1. The molecule has 1 atom stereocenters. The zero-order valence-electron chi connectivity index (χ0n) is 16.5. The second kappa shape index (κ2) is 14.4. The SMILES string of the molecule is NC(=O)N1CCOCC1.O=C(O)CCC1CCCCCCCCCCC1=O. The third-order valence-electron chi connectivity index (χ3n) is 5.21. The molecule has 1 saturated carbocycles. The van der Waals surface area contributed by atoms with E-state index < -0.39 is 5.97 Å². The lowest BCUT2D eigenvalue weighted by Gasteiger charge is -2.24. The van der Waals surface area contributed by atoms with Gasteiger partial charge < -0.3 is 20.5 Å². The van der Waals surface area contributed by atoms with Crippen LogP contribution in [0.5, 0.6) is 0 Å². The van der Waals surface area contributed by atoms with Gasteiger partial charge in [0.05, 0.1) is 13.2 Å². The van der Waals surface area contributed by atoms with Crippen molar-refractivity contribution in [2.24, 2.45) is 11.7 Å². The Labute approximate surface area is 162 Å². The topological polar surface area (TPSA) is 110 Å². The van der Waals surface area contributed by atoms with Crippen LogP contribution >= 0.6 is 0 Å². The molecule has 0 aromatic rings. The number of primary amides is 1. The summed E-state index contributed by atoms with van der Waals surface area (Å²) < 4.78 is 5.00. The summed E-state index contributed by atoms with van der Waals surface area (Å²) >= 11 is 0. The van der Waals surface area contributed by atoms with E-state index in [2.05, 4.69) is 0 Å². The van der Waals surface area contributed by atoms with Crippen molar-refractivity contribution in [3.05, 3.63) is 0 Å². The van der Waals surface area contributed by atoms with Gasteiger partial charge in [0, 0.05) is 31.8 Å². The molecule has 27 heavy (non-hydrogen) atoms. The minimum Gasteiger partial charge on any atom is -0.481 e. The number of Topliss-reactive ketones (excluding diaryl/α,β-unsaturated/α-hetero) is 1. The predicted octanol–water partition coefficient (Wildman–Crippen LogP) is 3.35. The third kappa shape index (κ3) is 11.6. The van der Waals surface area contributed by atoms with Gasteiger partial charge >= 0.3 is 12.0 Å². The number of ether oxygens (including phenoxy) is 1. The number of aliphatic carboxylic acids is 1. The first-order valence-electron chi connectivity index (χ1n) is 10.4. The number of carboxylic acids is 1. The fraction of sp³-hybridized carbons (Fsp3) is 0.850. The summed E-state index contributed by atoms with van der Waals surface area (Å²) in [5, 5.41) is 8.73. The van der Waals surface area contributed by atoms with Gasteiger partial charge in [-0.15, -0.1) is 0 Å². The molecular weight excluding hydrogens is 348 g/mol. The number of carboxylic acid groups (broad SMARTS) is 1. The van der Waals surface area contributed by atoms with E-state index in [0.29, 0.717) is 44.9 Å². The van der Waals surface area contributed by atoms with Gasteiger partial charge in [-0.2, -0.15) is 0 Å². The zero-order valence-corrected chi connectivity index (χ0v) is 16.5. The molecule has 156 valence electrons. The first-order chi connectivity index (χ1) is 13.0. The number of nitrogens with two attached hydrogens (primary N) is 1. The summed E-state index contributed by atoms with van der Waals surface area (Å²) in [6.45, 7) is 2.50. The van der Waals surface area contributed by atoms with Gasteiger partial charge in [-0.05, 0) is 19.3 Å². The van der Waals surface area contributed by atoms with Crippen LogP contribution in [-0.4, -0.2) is 54.1 Å². The maximum absolute atomic E-state index is 12.0. The number of morpholine rings is 1. The van der Waals surface area contributed by atoms with Crippen LogP contribution in [0.1, 0.15) is 77.0 Å². The molecule has 0 spiro atoms. The molecule has 1 heterocycles. The largest absolute Gasteiger partial charge is 0.481 e. The van der Waals surface area contributed by atoms with Crippen LogP contribution in [-0.2, 0) is 14.3 Å². The Kier molecular flexibility index (Phi) is 12.5. The first kappa shape index (κ1) is 23.4. The molecule has 1 aliphatic carbocycles. The molecular formula is C20H36N2O5. The highest BCUT2D eigenvalue weighted by Gasteiger charge is 2.19. The summed E-state index contributed by atoms with van der Waals surface area (Å²) in [5.41, 5.74) is 5.00. The van der Waals surface area contributed by atoms with Crippen LogP contribution in [0, 0.1) is 5.92 Å². The van der Waals surface area contributed by atoms with E-state index in [1.807, 2.05) is 0 Å². The average Bonchev–Trinajstić information content (AvgIpc) is 2.65. The number of amides is 2. The van der Waals surface area contributed by atoms with Crippen LogP contribution in [0.4, 0.5) is 4.79 Å². The first-order valence-corrected chi connectivity index (χ1v) is 10.4. The molecule has 0 aromatic carbocycles. The van der Waals surface area contributed by atoms with Gasteiger partial charge in [0.25, 0.3) is 0 Å². The smallest absolute Gasteiger partial charge is 0.314 e. The van der Waals surface area contributed by atoms with Gasteiger partial charge in [0.2, 0.25) is 0 Å². The van der Waals surface area contributed by atoms with E-state index >= 15 is 0 Å². The van der Waals surface area contributed by atoms with Gasteiger partial charge in [0.15, 0.2) is 0 Å². The second-order valence-corrected chi connectivity index (χ2v) is 7.40. The lowest BCUT2D eigenvalue weighted by atomic mass is 9.88. The molecule has 3 N–H and O–H groups in total. The molecule has 1 aliphatic heterocycles. The molecule has 0 bridgehead atoms. The normalized spacial score (nSPS) is 22.6. The number of carbonyl (C=O) groups excluding carboxylic acids is 2. The highest BCUT2D eigenvalue weighted by atomic mass is 16.5. The van der Waals surface area contributed by atoms with E-state index in [1.165, 1.54) is 32.1 Å². The van der Waals surface area contributed by atoms with Gasteiger partial charge in [-0.1, -0.05) is 44.9 Å². The zero-order chi connectivity index (χ0) is 19.9. The molecule has 0 radical (unpaired) electrons. The maximum Gasteiger partial charge on any atom is 0.314 e. The number of rotatable bonds is 3. The molecule has 2 rings (SSSR count). The van der Waals surface area contributed by atoms with E-state index in [9.17, 15) is 14.4 Å². The van der Waals surface area contributed by atoms with Crippen LogP contribution in [0.3, 0.4) is 0 Å². The summed E-state index contributed by atoms with van der Waals surface area (Å²) in [6.07, 6.45) is 11.8. The molecule has 0 aromatic heterocycles. The van der Waals surface area contributed by atoms with Crippen LogP contribution < -0.4 is 5.73 Å². The fourth-order valence-electron chi connectivity index (χ4n) is 3.50. The van der Waals surface area contributed by atoms with Gasteiger partial charge in [-0.25, -0.2) is 4.79 Å². The van der Waals surface area contributed by atoms with Crippen molar-refractivity contribution in [2.45, 2.75) is 77.0 Å². The monoisotopic (exact) mass is 384 g/mol. The third-order valence-corrected chi connectivity index (χ3v) is 5.21. The van der Waals surface area contributed by atoms with Crippen molar-refractivity contribution in [2.75, 3.05) is 26.3 Å². The Balaban J connectivity index is 0.000000337. The van der Waals surface area contributed by atoms with Crippen molar-refractivity contribution < 1.29 is 24.2 Å². The second-order valence-electron chi connectivity index (χ2n) is 7.40. The van der Waals surface area contributed by atoms with Crippen LogP contribution in [0.2, 0.25) is 0 Å². The molecule has 1 saturated heterocycles. The van der Waals surface area contributed by atoms with Crippen molar-refractivity contribution in [3.8, 4) is 0 Å². The number of hydrogen-bond acceptors (Lipinski definition) is 4. The number of nitrogens with zero attached hydrogens (tertiary/aromatic N) is 1. The van der Waals surface area contributed by atoms with Gasteiger partial charge in [0.1, 0.15) is 5.78 Å². The Bertz CT molecular complexity index is 450. The Morgan fingerprint density at radius 1 is 1.00 bits per heavy atom. The van der Waals surface area contributed by atoms with Crippen molar-refractivity contribution in [1.29, 1.82) is 0 Å².